The normalized spacial score (nSPS) is 10.4. The van der Waals surface area contributed by atoms with Gasteiger partial charge in [0.1, 0.15) is 11.6 Å². The smallest absolute Gasteiger partial charge is 0.266 e. The van der Waals surface area contributed by atoms with Crippen LogP contribution < -0.4 is 5.32 Å². The highest BCUT2D eigenvalue weighted by atomic mass is 79.9. The number of hydrogen-bond acceptors (Lipinski definition) is 3. The molecule has 0 radical (unpaired) electrons. The number of carbonyl (C=O) groups excluding carboxylic acids is 1. The Morgan fingerprint density at radius 3 is 2.45 bits per heavy atom. The lowest BCUT2D eigenvalue weighted by atomic mass is 10.1. The summed E-state index contributed by atoms with van der Waals surface area (Å²) in [6.45, 7) is 0. The summed E-state index contributed by atoms with van der Waals surface area (Å²) in [6, 6.07) is 17.6. The first-order valence-electron chi connectivity index (χ1n) is 6.31. The Morgan fingerprint density at radius 1 is 1.14 bits per heavy atom. The molecule has 2 rings (SSSR count). The quantitative estimate of drug-likeness (QED) is 0.673. The summed E-state index contributed by atoms with van der Waals surface area (Å²) in [7, 11) is 0. The summed E-state index contributed by atoms with van der Waals surface area (Å²) in [4.78, 5) is 12.1. The highest BCUT2D eigenvalue weighted by molar-refractivity contribution is 9.10. The van der Waals surface area contributed by atoms with Crippen LogP contribution in [0.25, 0.3) is 6.08 Å². The highest BCUT2D eigenvalue weighted by Crippen LogP contribution is 2.17. The van der Waals surface area contributed by atoms with Crippen LogP contribution in [0.15, 0.2) is 58.6 Å². The van der Waals surface area contributed by atoms with Crippen molar-refractivity contribution in [2.45, 2.75) is 0 Å². The van der Waals surface area contributed by atoms with E-state index >= 15 is 0 Å². The van der Waals surface area contributed by atoms with Gasteiger partial charge in [-0.1, -0.05) is 34.1 Å². The number of halogens is 1. The molecule has 0 aliphatic heterocycles. The van der Waals surface area contributed by atoms with Crippen LogP contribution in [-0.4, -0.2) is 5.91 Å². The minimum atomic E-state index is -0.482. The molecule has 1 amide bonds. The van der Waals surface area contributed by atoms with Gasteiger partial charge in [-0.25, -0.2) is 0 Å². The van der Waals surface area contributed by atoms with Gasteiger partial charge in [0.15, 0.2) is 0 Å². The number of nitriles is 2. The third-order valence-corrected chi connectivity index (χ3v) is 3.29. The molecular formula is C17H10BrN3O. The van der Waals surface area contributed by atoms with E-state index in [2.05, 4.69) is 21.2 Å². The molecule has 0 aliphatic carbocycles. The number of amides is 1. The van der Waals surface area contributed by atoms with Crippen molar-refractivity contribution in [3.63, 3.8) is 0 Å². The maximum atomic E-state index is 12.1. The molecule has 0 aliphatic rings. The first-order chi connectivity index (χ1) is 10.6. The lowest BCUT2D eigenvalue weighted by Crippen LogP contribution is -2.13. The van der Waals surface area contributed by atoms with Gasteiger partial charge in [0, 0.05) is 10.2 Å². The van der Waals surface area contributed by atoms with Crippen LogP contribution in [0.1, 0.15) is 11.1 Å². The molecule has 4 nitrogen and oxygen atoms in total. The van der Waals surface area contributed by atoms with E-state index in [0.29, 0.717) is 16.8 Å². The third-order valence-electron chi connectivity index (χ3n) is 2.80. The van der Waals surface area contributed by atoms with Gasteiger partial charge in [-0.3, -0.25) is 4.79 Å². The van der Waals surface area contributed by atoms with Crippen molar-refractivity contribution in [2.24, 2.45) is 0 Å². The van der Waals surface area contributed by atoms with Crippen molar-refractivity contribution in [1.82, 2.24) is 0 Å². The first-order valence-corrected chi connectivity index (χ1v) is 7.10. The summed E-state index contributed by atoms with van der Waals surface area (Å²) in [5.41, 5.74) is 1.79. The fourth-order valence-corrected chi connectivity index (χ4v) is 2.13. The van der Waals surface area contributed by atoms with Crippen LogP contribution in [0, 0.1) is 22.7 Å². The number of nitrogens with zero attached hydrogens (tertiary/aromatic N) is 2. The largest absolute Gasteiger partial charge is 0.321 e. The second kappa shape index (κ2) is 7.21. The van der Waals surface area contributed by atoms with Crippen molar-refractivity contribution < 1.29 is 4.79 Å². The molecule has 1 N–H and O–H groups in total. The second-order valence-corrected chi connectivity index (χ2v) is 5.28. The molecule has 2 aromatic carbocycles. The number of carbonyl (C=O) groups is 1. The Morgan fingerprint density at radius 2 is 1.86 bits per heavy atom. The Labute approximate surface area is 136 Å². The molecule has 22 heavy (non-hydrogen) atoms. The number of hydrogen-bond donors (Lipinski definition) is 1. The molecule has 5 heteroatoms. The van der Waals surface area contributed by atoms with E-state index in [1.807, 2.05) is 18.2 Å². The molecule has 0 saturated heterocycles. The van der Waals surface area contributed by atoms with Crippen molar-refractivity contribution in [3.8, 4) is 12.1 Å². The van der Waals surface area contributed by atoms with Gasteiger partial charge in [-0.2, -0.15) is 10.5 Å². The van der Waals surface area contributed by atoms with Crippen molar-refractivity contribution in [2.75, 3.05) is 5.32 Å². The standard InChI is InChI=1S/C17H10BrN3O/c18-15-2-1-3-16(9-15)21-17(22)14(11-20)8-12-4-6-13(10-19)7-5-12/h1-9H,(H,21,22). The molecule has 0 aromatic heterocycles. The lowest BCUT2D eigenvalue weighted by molar-refractivity contribution is -0.112. The Kier molecular flexibility index (Phi) is 5.08. The topological polar surface area (TPSA) is 76.7 Å². The van der Waals surface area contributed by atoms with E-state index in [4.69, 9.17) is 10.5 Å². The van der Waals surface area contributed by atoms with Crippen LogP contribution in [-0.2, 0) is 4.79 Å². The predicted molar refractivity (Wildman–Crippen MR) is 87.5 cm³/mol. The molecule has 0 heterocycles. The van der Waals surface area contributed by atoms with Crippen LogP contribution in [0.4, 0.5) is 5.69 Å². The average molecular weight is 352 g/mol. The van der Waals surface area contributed by atoms with Gasteiger partial charge >= 0.3 is 0 Å². The number of rotatable bonds is 3. The van der Waals surface area contributed by atoms with E-state index in [1.165, 1.54) is 6.08 Å². The van der Waals surface area contributed by atoms with E-state index in [1.54, 1.807) is 42.5 Å². The number of anilines is 1. The Bertz CT molecular complexity index is 811. The SMILES string of the molecule is N#CC(=Cc1ccc(C#N)cc1)C(=O)Nc1cccc(Br)c1. The monoisotopic (exact) mass is 351 g/mol. The molecule has 0 atom stereocenters. The lowest BCUT2D eigenvalue weighted by Gasteiger charge is -2.04. The fraction of sp³-hybridized carbons (Fsp3) is 0. The average Bonchev–Trinajstić information content (AvgIpc) is 2.53. The van der Waals surface area contributed by atoms with E-state index in [-0.39, 0.29) is 5.57 Å². The minimum absolute atomic E-state index is 0.00955. The summed E-state index contributed by atoms with van der Waals surface area (Å²) in [5.74, 6) is -0.482. The van der Waals surface area contributed by atoms with Gasteiger partial charge in [0.2, 0.25) is 0 Å². The van der Waals surface area contributed by atoms with Gasteiger partial charge in [0.05, 0.1) is 11.6 Å². The van der Waals surface area contributed by atoms with Crippen molar-refractivity contribution >= 4 is 33.6 Å². The highest BCUT2D eigenvalue weighted by Gasteiger charge is 2.09. The Balaban J connectivity index is 2.20. The minimum Gasteiger partial charge on any atom is -0.321 e. The fourth-order valence-electron chi connectivity index (χ4n) is 1.73. The van der Waals surface area contributed by atoms with Crippen LogP contribution in [0.2, 0.25) is 0 Å². The third kappa shape index (κ3) is 4.05. The molecule has 0 fully saturated rings. The number of benzene rings is 2. The summed E-state index contributed by atoms with van der Waals surface area (Å²) >= 11 is 3.32. The first kappa shape index (κ1) is 15.5. The van der Waals surface area contributed by atoms with Crippen LogP contribution in [0.5, 0.6) is 0 Å². The zero-order valence-corrected chi connectivity index (χ0v) is 13.0. The summed E-state index contributed by atoms with van der Waals surface area (Å²) in [6.07, 6.45) is 1.48. The van der Waals surface area contributed by atoms with Crippen molar-refractivity contribution in [3.05, 3.63) is 69.7 Å². The maximum absolute atomic E-state index is 12.1. The van der Waals surface area contributed by atoms with E-state index in [9.17, 15) is 4.79 Å². The molecule has 0 spiro atoms. The summed E-state index contributed by atoms with van der Waals surface area (Å²) < 4.78 is 0.833. The van der Waals surface area contributed by atoms with Gasteiger partial charge in [-0.05, 0) is 42.0 Å². The predicted octanol–water partition coefficient (Wildman–Crippen LogP) is 3.87. The van der Waals surface area contributed by atoms with Gasteiger partial charge in [-0.15, -0.1) is 0 Å². The molecule has 2 aromatic rings. The van der Waals surface area contributed by atoms with Gasteiger partial charge < -0.3 is 5.32 Å². The molecule has 0 bridgehead atoms. The van der Waals surface area contributed by atoms with Crippen LogP contribution in [0.3, 0.4) is 0 Å². The molecule has 0 unspecified atom stereocenters. The van der Waals surface area contributed by atoms with Crippen LogP contribution >= 0.6 is 15.9 Å². The van der Waals surface area contributed by atoms with Crippen molar-refractivity contribution in [1.29, 1.82) is 10.5 Å². The van der Waals surface area contributed by atoms with Gasteiger partial charge in [0.25, 0.3) is 5.91 Å². The zero-order valence-electron chi connectivity index (χ0n) is 11.4. The molecular weight excluding hydrogens is 342 g/mol. The number of nitrogens with one attached hydrogen (secondary N) is 1. The van der Waals surface area contributed by atoms with E-state index in [0.717, 1.165) is 4.47 Å². The van der Waals surface area contributed by atoms with E-state index < -0.39 is 5.91 Å². The molecule has 0 saturated carbocycles. The maximum Gasteiger partial charge on any atom is 0.266 e. The zero-order chi connectivity index (χ0) is 15.9. The second-order valence-electron chi connectivity index (χ2n) is 4.37. The summed E-state index contributed by atoms with van der Waals surface area (Å²) in [5, 5.41) is 20.6. The molecule has 106 valence electrons. The Hall–Kier alpha value is -2.89.